The van der Waals surface area contributed by atoms with Gasteiger partial charge in [-0.15, -0.1) is 0 Å². The Bertz CT molecular complexity index is 430. The van der Waals surface area contributed by atoms with E-state index in [2.05, 4.69) is 37.9 Å². The van der Waals surface area contributed by atoms with Gasteiger partial charge in [0.15, 0.2) is 5.90 Å². The van der Waals surface area contributed by atoms with Crippen LogP contribution in [0.2, 0.25) is 0 Å². The van der Waals surface area contributed by atoms with Gasteiger partial charge in [0.25, 0.3) is 0 Å². The fourth-order valence-electron chi connectivity index (χ4n) is 2.25. The standard InChI is InChI=1S/C17H25NO2/c1-4-13(2)14(3)17-18-16(12-20-17)11-19-10-15-8-6-5-7-9-15/h5-9,13-14,16H,4,10-12H2,1-3H3/t13-,14-,16-/m0/s1. The first-order valence-corrected chi connectivity index (χ1v) is 7.52. The highest BCUT2D eigenvalue weighted by atomic mass is 16.5. The zero-order valence-electron chi connectivity index (χ0n) is 12.7. The Labute approximate surface area is 122 Å². The fraction of sp³-hybridized carbons (Fsp3) is 0.588. The normalized spacial score (nSPS) is 21.1. The average molecular weight is 275 g/mol. The first-order chi connectivity index (χ1) is 9.70. The van der Waals surface area contributed by atoms with Crippen LogP contribution in [-0.4, -0.2) is 25.2 Å². The smallest absolute Gasteiger partial charge is 0.186 e. The van der Waals surface area contributed by atoms with E-state index in [1.807, 2.05) is 18.2 Å². The molecular formula is C17H25NO2. The zero-order chi connectivity index (χ0) is 14.4. The summed E-state index contributed by atoms with van der Waals surface area (Å²) in [5.74, 6) is 1.92. The third kappa shape index (κ3) is 4.07. The van der Waals surface area contributed by atoms with E-state index in [1.54, 1.807) is 0 Å². The minimum Gasteiger partial charge on any atom is -0.478 e. The molecular weight excluding hydrogens is 250 g/mol. The Balaban J connectivity index is 1.76. The molecule has 0 saturated carbocycles. The fourth-order valence-corrected chi connectivity index (χ4v) is 2.25. The molecule has 1 aromatic carbocycles. The molecule has 0 amide bonds. The van der Waals surface area contributed by atoms with Crippen molar-refractivity contribution in [2.45, 2.75) is 39.8 Å². The van der Waals surface area contributed by atoms with Gasteiger partial charge in [0.1, 0.15) is 12.6 Å². The number of rotatable bonds is 7. The molecule has 0 radical (unpaired) electrons. The minimum atomic E-state index is 0.153. The molecule has 1 heterocycles. The number of aliphatic imine (C=N–C) groups is 1. The van der Waals surface area contributed by atoms with Crippen LogP contribution in [0.15, 0.2) is 35.3 Å². The van der Waals surface area contributed by atoms with Gasteiger partial charge in [-0.1, -0.05) is 57.5 Å². The summed E-state index contributed by atoms with van der Waals surface area (Å²) in [5, 5.41) is 0. The van der Waals surface area contributed by atoms with Gasteiger partial charge in [-0.25, -0.2) is 4.99 Å². The van der Waals surface area contributed by atoms with Crippen molar-refractivity contribution in [3.05, 3.63) is 35.9 Å². The monoisotopic (exact) mass is 275 g/mol. The molecule has 0 saturated heterocycles. The molecule has 3 nitrogen and oxygen atoms in total. The summed E-state index contributed by atoms with van der Waals surface area (Å²) in [4.78, 5) is 4.66. The van der Waals surface area contributed by atoms with E-state index in [-0.39, 0.29) is 6.04 Å². The van der Waals surface area contributed by atoms with Gasteiger partial charge in [0.05, 0.1) is 13.2 Å². The lowest BCUT2D eigenvalue weighted by atomic mass is 9.93. The summed E-state index contributed by atoms with van der Waals surface area (Å²) < 4.78 is 11.5. The predicted molar refractivity (Wildman–Crippen MR) is 81.9 cm³/mol. The van der Waals surface area contributed by atoms with Crippen molar-refractivity contribution >= 4 is 5.90 Å². The lowest BCUT2D eigenvalue weighted by Crippen LogP contribution is -2.18. The number of nitrogens with zero attached hydrogens (tertiary/aromatic N) is 1. The minimum absolute atomic E-state index is 0.153. The summed E-state index contributed by atoms with van der Waals surface area (Å²) in [6, 6.07) is 10.4. The number of benzene rings is 1. The zero-order valence-corrected chi connectivity index (χ0v) is 12.7. The van der Waals surface area contributed by atoms with Crippen LogP contribution in [0.1, 0.15) is 32.8 Å². The van der Waals surface area contributed by atoms with E-state index >= 15 is 0 Å². The van der Waals surface area contributed by atoms with E-state index in [9.17, 15) is 0 Å². The molecule has 3 heteroatoms. The SMILES string of the molecule is CC[C@H](C)[C@H](C)C1=N[C@@H](COCc2ccccc2)CO1. The van der Waals surface area contributed by atoms with Crippen molar-refractivity contribution in [2.24, 2.45) is 16.8 Å². The third-order valence-corrected chi connectivity index (χ3v) is 4.04. The molecule has 20 heavy (non-hydrogen) atoms. The molecule has 0 N–H and O–H groups in total. The first-order valence-electron chi connectivity index (χ1n) is 7.52. The van der Waals surface area contributed by atoms with Gasteiger partial charge < -0.3 is 9.47 Å². The molecule has 1 aliphatic heterocycles. The molecule has 0 bridgehead atoms. The maximum atomic E-state index is 5.73. The maximum absolute atomic E-state index is 5.73. The van der Waals surface area contributed by atoms with Crippen LogP contribution in [0, 0.1) is 11.8 Å². The Morgan fingerprint density at radius 3 is 2.75 bits per heavy atom. The molecule has 3 atom stereocenters. The second-order valence-electron chi connectivity index (χ2n) is 5.61. The molecule has 1 aromatic rings. The molecule has 110 valence electrons. The van der Waals surface area contributed by atoms with Crippen LogP contribution in [0.3, 0.4) is 0 Å². The van der Waals surface area contributed by atoms with Crippen LogP contribution >= 0.6 is 0 Å². The van der Waals surface area contributed by atoms with Gasteiger partial charge in [-0.2, -0.15) is 0 Å². The Morgan fingerprint density at radius 1 is 1.30 bits per heavy atom. The number of hydrogen-bond donors (Lipinski definition) is 0. The molecule has 0 spiro atoms. The summed E-state index contributed by atoms with van der Waals surface area (Å²) >= 11 is 0. The summed E-state index contributed by atoms with van der Waals surface area (Å²) in [6.07, 6.45) is 1.15. The van der Waals surface area contributed by atoms with Crippen LogP contribution < -0.4 is 0 Å². The topological polar surface area (TPSA) is 30.8 Å². The van der Waals surface area contributed by atoms with Gasteiger partial charge in [0.2, 0.25) is 0 Å². The Morgan fingerprint density at radius 2 is 2.05 bits per heavy atom. The van der Waals surface area contributed by atoms with Crippen molar-refractivity contribution in [1.29, 1.82) is 0 Å². The lowest BCUT2D eigenvalue weighted by Gasteiger charge is -2.17. The van der Waals surface area contributed by atoms with Gasteiger partial charge in [-0.05, 0) is 11.5 Å². The molecule has 1 aliphatic rings. The predicted octanol–water partition coefficient (Wildman–Crippen LogP) is 3.68. The third-order valence-electron chi connectivity index (χ3n) is 4.04. The first kappa shape index (κ1) is 15.0. The van der Waals surface area contributed by atoms with Crippen LogP contribution in [-0.2, 0) is 16.1 Å². The highest BCUT2D eigenvalue weighted by Crippen LogP contribution is 2.21. The molecule has 0 unspecified atom stereocenters. The van der Waals surface area contributed by atoms with Crippen molar-refractivity contribution in [2.75, 3.05) is 13.2 Å². The summed E-state index contributed by atoms with van der Waals surface area (Å²) in [7, 11) is 0. The molecule has 0 aliphatic carbocycles. The van der Waals surface area contributed by atoms with Crippen LogP contribution in [0.5, 0.6) is 0 Å². The number of ether oxygens (including phenoxy) is 2. The van der Waals surface area contributed by atoms with Crippen LogP contribution in [0.4, 0.5) is 0 Å². The Kier molecular flexibility index (Phi) is 5.60. The largest absolute Gasteiger partial charge is 0.478 e. The number of hydrogen-bond acceptors (Lipinski definition) is 3. The maximum Gasteiger partial charge on any atom is 0.186 e. The van der Waals surface area contributed by atoms with E-state index in [4.69, 9.17) is 9.47 Å². The van der Waals surface area contributed by atoms with E-state index in [0.29, 0.717) is 31.7 Å². The quantitative estimate of drug-likeness (QED) is 0.760. The van der Waals surface area contributed by atoms with E-state index in [1.165, 1.54) is 5.56 Å². The van der Waals surface area contributed by atoms with E-state index < -0.39 is 0 Å². The van der Waals surface area contributed by atoms with Crippen molar-refractivity contribution in [3.8, 4) is 0 Å². The molecule has 2 rings (SSSR count). The lowest BCUT2D eigenvalue weighted by molar-refractivity contribution is 0.100. The van der Waals surface area contributed by atoms with Crippen molar-refractivity contribution < 1.29 is 9.47 Å². The highest BCUT2D eigenvalue weighted by molar-refractivity contribution is 5.80. The van der Waals surface area contributed by atoms with Crippen molar-refractivity contribution in [3.63, 3.8) is 0 Å². The summed E-state index contributed by atoms with van der Waals surface area (Å²) in [6.45, 7) is 8.58. The average Bonchev–Trinajstić information content (AvgIpc) is 2.95. The van der Waals surface area contributed by atoms with E-state index in [0.717, 1.165) is 12.3 Å². The highest BCUT2D eigenvalue weighted by Gasteiger charge is 2.25. The van der Waals surface area contributed by atoms with Crippen LogP contribution in [0.25, 0.3) is 0 Å². The van der Waals surface area contributed by atoms with Gasteiger partial charge in [-0.3, -0.25) is 0 Å². The molecule has 0 fully saturated rings. The van der Waals surface area contributed by atoms with Crippen molar-refractivity contribution in [1.82, 2.24) is 0 Å². The van der Waals surface area contributed by atoms with Gasteiger partial charge >= 0.3 is 0 Å². The molecule has 0 aromatic heterocycles. The Hall–Kier alpha value is -1.35. The summed E-state index contributed by atoms with van der Waals surface area (Å²) in [5.41, 5.74) is 1.20. The second kappa shape index (κ2) is 7.44. The van der Waals surface area contributed by atoms with Gasteiger partial charge in [0, 0.05) is 5.92 Å². The second-order valence-corrected chi connectivity index (χ2v) is 5.61.